The Labute approximate surface area is 172 Å². The van der Waals surface area contributed by atoms with Crippen molar-refractivity contribution >= 4 is 40.0 Å². The molecule has 0 fully saturated rings. The smallest absolute Gasteiger partial charge is 0.341 e. The van der Waals surface area contributed by atoms with Crippen LogP contribution < -0.4 is 5.32 Å². The van der Waals surface area contributed by atoms with Crippen molar-refractivity contribution in [2.24, 2.45) is 5.92 Å². The number of fused-ring (bicyclic) bond motifs is 1. The molecule has 29 heavy (non-hydrogen) atoms. The number of nitrogens with zero attached hydrogens (tertiary/aromatic N) is 1. The lowest BCUT2D eigenvalue weighted by atomic mass is 9.88. The topological polar surface area (TPSA) is 98.5 Å². The zero-order valence-corrected chi connectivity index (χ0v) is 17.1. The SMILES string of the molecule is CCOC(=O)c1c(NC(=O)/C=C/c2ccc([N+](=O)[O-])cc2)sc2c1CCC(C)C2. The number of anilines is 1. The Morgan fingerprint density at radius 1 is 1.34 bits per heavy atom. The lowest BCUT2D eigenvalue weighted by molar-refractivity contribution is -0.384. The molecule has 2 aromatic rings. The summed E-state index contributed by atoms with van der Waals surface area (Å²) in [6.45, 7) is 4.20. The van der Waals surface area contributed by atoms with Crippen LogP contribution >= 0.6 is 11.3 Å². The molecule has 0 aliphatic heterocycles. The van der Waals surface area contributed by atoms with Gasteiger partial charge in [0.25, 0.3) is 5.69 Å². The van der Waals surface area contributed by atoms with Crippen LogP contribution in [0.5, 0.6) is 0 Å². The van der Waals surface area contributed by atoms with Gasteiger partial charge in [-0.15, -0.1) is 11.3 Å². The number of esters is 1. The number of amides is 1. The molecule has 1 aromatic heterocycles. The van der Waals surface area contributed by atoms with E-state index in [4.69, 9.17) is 4.74 Å². The molecule has 1 amide bonds. The van der Waals surface area contributed by atoms with Crippen LogP contribution in [0.4, 0.5) is 10.7 Å². The van der Waals surface area contributed by atoms with Crippen LogP contribution in [0.15, 0.2) is 30.3 Å². The first-order chi connectivity index (χ1) is 13.9. The van der Waals surface area contributed by atoms with E-state index >= 15 is 0 Å². The van der Waals surface area contributed by atoms with Gasteiger partial charge in [-0.1, -0.05) is 6.92 Å². The van der Waals surface area contributed by atoms with Crippen LogP contribution in [0.1, 0.15) is 46.6 Å². The predicted molar refractivity (Wildman–Crippen MR) is 112 cm³/mol. The van der Waals surface area contributed by atoms with Gasteiger partial charge in [0, 0.05) is 23.1 Å². The molecular formula is C21H22N2O5S. The van der Waals surface area contributed by atoms with Crippen molar-refractivity contribution in [3.05, 3.63) is 62.0 Å². The van der Waals surface area contributed by atoms with Crippen molar-refractivity contribution in [2.45, 2.75) is 33.1 Å². The Balaban J connectivity index is 1.78. The summed E-state index contributed by atoms with van der Waals surface area (Å²) in [5, 5.41) is 14.0. The minimum absolute atomic E-state index is 0.0101. The molecule has 1 aromatic carbocycles. The van der Waals surface area contributed by atoms with Crippen molar-refractivity contribution in [3.63, 3.8) is 0 Å². The summed E-state index contributed by atoms with van der Waals surface area (Å²) in [5.41, 5.74) is 2.11. The van der Waals surface area contributed by atoms with Gasteiger partial charge in [0.1, 0.15) is 5.00 Å². The predicted octanol–water partition coefficient (Wildman–Crippen LogP) is 4.61. The van der Waals surface area contributed by atoms with Gasteiger partial charge in [-0.05, 0) is 61.4 Å². The standard InChI is InChI=1S/C21H22N2O5S/c1-3-28-21(25)19-16-10-4-13(2)12-17(16)29-20(19)22-18(24)11-7-14-5-8-15(9-6-14)23(26)27/h5-9,11,13H,3-4,10,12H2,1-2H3,(H,22,24)/b11-7+. The summed E-state index contributed by atoms with van der Waals surface area (Å²) in [5.74, 6) is -0.239. The molecule has 1 N–H and O–H groups in total. The van der Waals surface area contributed by atoms with Crippen LogP contribution in [0.25, 0.3) is 6.08 Å². The van der Waals surface area contributed by atoms with Gasteiger partial charge in [-0.3, -0.25) is 14.9 Å². The number of nitrogens with one attached hydrogen (secondary N) is 1. The van der Waals surface area contributed by atoms with Crippen LogP contribution in [0.3, 0.4) is 0 Å². The first kappa shape index (κ1) is 20.7. The largest absolute Gasteiger partial charge is 0.462 e. The molecule has 7 nitrogen and oxygen atoms in total. The quantitative estimate of drug-likeness (QED) is 0.322. The molecular weight excluding hydrogens is 392 g/mol. The third kappa shape index (κ3) is 4.89. The monoisotopic (exact) mass is 414 g/mol. The van der Waals surface area contributed by atoms with Gasteiger partial charge < -0.3 is 10.1 Å². The van der Waals surface area contributed by atoms with E-state index in [1.165, 1.54) is 29.5 Å². The highest BCUT2D eigenvalue weighted by Gasteiger charge is 2.28. The van der Waals surface area contributed by atoms with Crippen molar-refractivity contribution in [1.29, 1.82) is 0 Å². The summed E-state index contributed by atoms with van der Waals surface area (Å²) < 4.78 is 5.20. The number of ether oxygens (including phenoxy) is 1. The number of carbonyl (C=O) groups is 2. The number of benzene rings is 1. The highest BCUT2D eigenvalue weighted by Crippen LogP contribution is 2.40. The average Bonchev–Trinajstić information content (AvgIpc) is 3.03. The molecule has 3 rings (SSSR count). The molecule has 0 spiro atoms. The highest BCUT2D eigenvalue weighted by atomic mass is 32.1. The molecule has 8 heteroatoms. The summed E-state index contributed by atoms with van der Waals surface area (Å²) in [6, 6.07) is 5.89. The Morgan fingerprint density at radius 2 is 2.07 bits per heavy atom. The summed E-state index contributed by atoms with van der Waals surface area (Å²) >= 11 is 1.43. The normalized spacial score (nSPS) is 15.7. The van der Waals surface area contributed by atoms with E-state index < -0.39 is 10.9 Å². The van der Waals surface area contributed by atoms with Crippen molar-refractivity contribution in [2.75, 3.05) is 11.9 Å². The minimum Gasteiger partial charge on any atom is -0.462 e. The summed E-state index contributed by atoms with van der Waals surface area (Å²) in [4.78, 5) is 36.3. The molecule has 152 valence electrons. The number of hydrogen-bond donors (Lipinski definition) is 1. The fraction of sp³-hybridized carbons (Fsp3) is 0.333. The number of hydrogen-bond acceptors (Lipinski definition) is 6. The molecule has 1 heterocycles. The Morgan fingerprint density at radius 3 is 2.72 bits per heavy atom. The van der Waals surface area contributed by atoms with Crippen LogP contribution in [0.2, 0.25) is 0 Å². The lowest BCUT2D eigenvalue weighted by Crippen LogP contribution is -2.15. The molecule has 0 radical (unpaired) electrons. The van der Waals surface area contributed by atoms with E-state index in [0.717, 1.165) is 29.7 Å². The summed E-state index contributed by atoms with van der Waals surface area (Å²) in [7, 11) is 0. The maximum Gasteiger partial charge on any atom is 0.341 e. The minimum atomic E-state index is -0.476. The van der Waals surface area contributed by atoms with Gasteiger partial charge in [0.05, 0.1) is 17.1 Å². The zero-order valence-electron chi connectivity index (χ0n) is 16.3. The van der Waals surface area contributed by atoms with E-state index in [-0.39, 0.29) is 18.2 Å². The molecule has 0 bridgehead atoms. The second kappa shape index (κ2) is 9.00. The maximum atomic E-state index is 12.5. The fourth-order valence-corrected chi connectivity index (χ4v) is 4.69. The fourth-order valence-electron chi connectivity index (χ4n) is 3.29. The molecule has 1 unspecified atom stereocenters. The molecule has 1 atom stereocenters. The number of nitro groups is 1. The van der Waals surface area contributed by atoms with Crippen LogP contribution in [0, 0.1) is 16.0 Å². The third-order valence-electron chi connectivity index (χ3n) is 4.76. The Bertz CT molecular complexity index is 962. The average molecular weight is 414 g/mol. The van der Waals surface area contributed by atoms with E-state index in [9.17, 15) is 19.7 Å². The summed E-state index contributed by atoms with van der Waals surface area (Å²) in [6.07, 6.45) is 5.61. The van der Waals surface area contributed by atoms with Crippen molar-refractivity contribution in [1.82, 2.24) is 0 Å². The second-order valence-electron chi connectivity index (χ2n) is 6.95. The van der Waals surface area contributed by atoms with Gasteiger partial charge >= 0.3 is 5.97 Å². The number of thiophene rings is 1. The number of rotatable bonds is 6. The molecule has 0 saturated heterocycles. The van der Waals surface area contributed by atoms with Crippen molar-refractivity contribution in [3.8, 4) is 0 Å². The second-order valence-corrected chi connectivity index (χ2v) is 8.05. The molecule has 0 saturated carbocycles. The first-order valence-corrected chi connectivity index (χ1v) is 10.3. The van der Waals surface area contributed by atoms with Gasteiger partial charge in [0.15, 0.2) is 0 Å². The number of carbonyl (C=O) groups excluding carboxylic acids is 2. The van der Waals surface area contributed by atoms with E-state index in [2.05, 4.69) is 12.2 Å². The van der Waals surface area contributed by atoms with Crippen LogP contribution in [-0.2, 0) is 22.4 Å². The van der Waals surface area contributed by atoms with E-state index in [0.29, 0.717) is 22.0 Å². The first-order valence-electron chi connectivity index (χ1n) is 9.44. The Kier molecular flexibility index (Phi) is 6.43. The van der Waals surface area contributed by atoms with Gasteiger partial charge in [-0.25, -0.2) is 4.79 Å². The highest BCUT2D eigenvalue weighted by molar-refractivity contribution is 7.17. The van der Waals surface area contributed by atoms with Gasteiger partial charge in [0.2, 0.25) is 5.91 Å². The number of nitro benzene ring substituents is 1. The molecule has 1 aliphatic rings. The zero-order chi connectivity index (χ0) is 21.0. The van der Waals surface area contributed by atoms with Crippen LogP contribution in [-0.4, -0.2) is 23.4 Å². The number of non-ortho nitro benzene ring substituents is 1. The molecule has 1 aliphatic carbocycles. The third-order valence-corrected chi connectivity index (χ3v) is 5.93. The van der Waals surface area contributed by atoms with E-state index in [1.807, 2.05) is 0 Å². The maximum absolute atomic E-state index is 12.5. The lowest BCUT2D eigenvalue weighted by Gasteiger charge is -2.18. The van der Waals surface area contributed by atoms with Crippen molar-refractivity contribution < 1.29 is 19.2 Å². The van der Waals surface area contributed by atoms with Gasteiger partial charge in [-0.2, -0.15) is 0 Å². The van der Waals surface area contributed by atoms with E-state index in [1.54, 1.807) is 25.1 Å². The Hall–Kier alpha value is -3.00.